The number of benzene rings is 11. The molecule has 73 heavy (non-hydrogen) atoms. The highest BCUT2D eigenvalue weighted by Gasteiger charge is 2.56. The van der Waals surface area contributed by atoms with Gasteiger partial charge in [0, 0.05) is 85.8 Å². The number of hydrogen-bond donors (Lipinski definition) is 0. The lowest BCUT2D eigenvalue weighted by atomic mass is 9.33. The molecule has 0 N–H and O–H groups in total. The summed E-state index contributed by atoms with van der Waals surface area (Å²) in [6.07, 6.45) is 0. The van der Waals surface area contributed by atoms with Crippen LogP contribution in [0.1, 0.15) is 0 Å². The van der Waals surface area contributed by atoms with Crippen molar-refractivity contribution in [2.24, 2.45) is 0 Å². The van der Waals surface area contributed by atoms with Gasteiger partial charge in [0.1, 0.15) is 0 Å². The molecule has 0 spiro atoms. The number of thiophene rings is 2. The average Bonchev–Trinajstić information content (AvgIpc) is 4.03. The van der Waals surface area contributed by atoms with Crippen molar-refractivity contribution in [1.29, 1.82) is 0 Å². The zero-order valence-electron chi connectivity index (χ0n) is 39.5. The van der Waals surface area contributed by atoms with Gasteiger partial charge in [-0.2, -0.15) is 0 Å². The van der Waals surface area contributed by atoms with E-state index in [0.717, 1.165) is 28.4 Å². The molecular weight excluding hydrogens is 938 g/mol. The van der Waals surface area contributed by atoms with Gasteiger partial charge in [0.2, 0.25) is 0 Å². The molecule has 0 fully saturated rings. The first-order valence-electron chi connectivity index (χ1n) is 25.1. The van der Waals surface area contributed by atoms with Crippen LogP contribution in [0.3, 0.4) is 0 Å². The van der Waals surface area contributed by atoms with E-state index in [1.807, 2.05) is 22.7 Å². The van der Waals surface area contributed by atoms with E-state index < -0.39 is 8.07 Å². The summed E-state index contributed by atoms with van der Waals surface area (Å²) in [5.74, 6) is 0. The van der Waals surface area contributed by atoms with Crippen LogP contribution in [0.25, 0.3) is 40.3 Å². The molecule has 11 aromatic carbocycles. The molecule has 0 bridgehead atoms. The Morgan fingerprint density at radius 1 is 0.315 bits per heavy atom. The molecule has 0 saturated heterocycles. The molecule has 3 aliphatic rings. The van der Waals surface area contributed by atoms with Crippen molar-refractivity contribution >= 4 is 166 Å². The second kappa shape index (κ2) is 15.8. The van der Waals surface area contributed by atoms with Crippen molar-refractivity contribution < 1.29 is 0 Å². The smallest absolute Gasteiger partial charge is 0.251 e. The molecule has 0 radical (unpaired) electrons. The third-order valence-corrected chi connectivity index (χ3v) is 23.0. The summed E-state index contributed by atoms with van der Waals surface area (Å²) in [7, 11) is -3.02. The molecule has 0 unspecified atom stereocenters. The van der Waals surface area contributed by atoms with Gasteiger partial charge in [-0.3, -0.25) is 0 Å². The van der Waals surface area contributed by atoms with Crippen LogP contribution in [0.5, 0.6) is 0 Å². The number of para-hydroxylation sites is 2. The maximum Gasteiger partial charge on any atom is 0.251 e. The van der Waals surface area contributed by atoms with Gasteiger partial charge in [0.25, 0.3) is 6.71 Å². The van der Waals surface area contributed by atoms with E-state index in [9.17, 15) is 0 Å². The Hall–Kier alpha value is -8.46. The second-order valence-electron chi connectivity index (χ2n) is 19.5. The number of hydrogen-bond acceptors (Lipinski definition) is 5. The molecule has 3 nitrogen and oxygen atoms in total. The normalized spacial score (nSPS) is 13.8. The zero-order valence-corrected chi connectivity index (χ0v) is 42.1. The van der Waals surface area contributed by atoms with E-state index in [4.69, 9.17) is 0 Å². The zero-order chi connectivity index (χ0) is 47.8. The fourth-order valence-electron chi connectivity index (χ4n) is 13.0. The monoisotopic (exact) mass is 979 g/mol. The molecule has 0 amide bonds. The van der Waals surface area contributed by atoms with Crippen molar-refractivity contribution in [3.05, 3.63) is 255 Å². The van der Waals surface area contributed by atoms with E-state index >= 15 is 0 Å². The maximum absolute atomic E-state index is 3.02. The lowest BCUT2D eigenvalue weighted by Gasteiger charge is -2.51. The van der Waals surface area contributed by atoms with Gasteiger partial charge in [0.15, 0.2) is 8.07 Å². The average molecular weight is 980 g/mol. The summed E-state index contributed by atoms with van der Waals surface area (Å²) >= 11 is 3.77. The van der Waals surface area contributed by atoms with E-state index in [2.05, 4.69) is 269 Å². The van der Waals surface area contributed by atoms with Crippen LogP contribution >= 0.6 is 22.7 Å². The number of rotatable bonds is 7. The maximum atomic E-state index is 2.64. The van der Waals surface area contributed by atoms with Crippen molar-refractivity contribution in [1.82, 2.24) is 0 Å². The molecule has 5 heterocycles. The van der Waals surface area contributed by atoms with Crippen LogP contribution in [0.4, 0.5) is 51.2 Å². The molecule has 340 valence electrons. The summed E-state index contributed by atoms with van der Waals surface area (Å²) in [5, 5.41) is 10.9. The predicted molar refractivity (Wildman–Crippen MR) is 318 cm³/mol. The largest absolute Gasteiger partial charge is 0.311 e. The number of fused-ring (bicyclic) bond motifs is 6. The molecule has 13 aromatic rings. The lowest BCUT2D eigenvalue weighted by molar-refractivity contribution is 1.23. The highest BCUT2D eigenvalue weighted by molar-refractivity contribution is 7.28. The van der Waals surface area contributed by atoms with Gasteiger partial charge in [-0.15, -0.1) is 22.7 Å². The minimum absolute atomic E-state index is 0.0278. The van der Waals surface area contributed by atoms with E-state index in [1.165, 1.54) is 100 Å². The minimum atomic E-state index is -3.02. The summed E-state index contributed by atoms with van der Waals surface area (Å²) in [6, 6.07) is 96.5. The SMILES string of the molecule is c1ccc(N(c2ccccc2)c2cc3c4c(c2)N(c2ccc5c(c2)sc2ccccc25)c2cccc5c2B4c2c(cccc2[Si]5(c2ccccc2)c2ccccc2)N3c2ccc3c(c2)sc2ccccc23)cc1. The summed E-state index contributed by atoms with van der Waals surface area (Å²) < 4.78 is 5.19. The second-order valence-corrected chi connectivity index (χ2v) is 25.4. The first-order valence-corrected chi connectivity index (χ1v) is 28.7. The fraction of sp³-hybridized carbons (Fsp3) is 0. The van der Waals surface area contributed by atoms with Gasteiger partial charge in [-0.05, 0) is 122 Å². The van der Waals surface area contributed by atoms with E-state index in [-0.39, 0.29) is 6.71 Å². The first-order chi connectivity index (χ1) is 36.2. The van der Waals surface area contributed by atoms with Crippen molar-refractivity contribution in [2.45, 2.75) is 0 Å². The Labute approximate surface area is 432 Å². The molecule has 0 aliphatic carbocycles. The van der Waals surface area contributed by atoms with Crippen molar-refractivity contribution in [3.8, 4) is 0 Å². The Morgan fingerprint density at radius 2 is 0.726 bits per heavy atom. The highest BCUT2D eigenvalue weighted by atomic mass is 32.1. The summed E-state index contributed by atoms with van der Waals surface area (Å²) in [6.45, 7) is -0.0278. The number of anilines is 9. The van der Waals surface area contributed by atoms with Gasteiger partial charge in [-0.1, -0.05) is 170 Å². The minimum Gasteiger partial charge on any atom is -0.311 e. The van der Waals surface area contributed by atoms with Gasteiger partial charge in [-0.25, -0.2) is 0 Å². The molecule has 0 atom stereocenters. The van der Waals surface area contributed by atoms with Gasteiger partial charge in [0.05, 0.1) is 5.69 Å². The lowest BCUT2D eigenvalue weighted by Crippen LogP contribution is -2.88. The van der Waals surface area contributed by atoms with Gasteiger partial charge < -0.3 is 14.7 Å². The summed E-state index contributed by atoms with van der Waals surface area (Å²) in [4.78, 5) is 7.72. The van der Waals surface area contributed by atoms with Gasteiger partial charge >= 0.3 is 0 Å². The predicted octanol–water partition coefficient (Wildman–Crippen LogP) is 13.7. The van der Waals surface area contributed by atoms with Crippen LogP contribution in [0.15, 0.2) is 255 Å². The fourth-order valence-corrected chi connectivity index (χ4v) is 20.6. The molecule has 2 aromatic heterocycles. The van der Waals surface area contributed by atoms with Crippen LogP contribution < -0.4 is 51.8 Å². The Kier molecular flexibility index (Phi) is 8.90. The standard InChI is InChI=1S/C66H42BN3S2Si/c1-5-19-43(20-6-1)68(44-21-7-2-8-22-44)47-39-56-64-57(40-47)70(46-36-38-53-51-28-14-16-32-59(51)72-61(53)42-46)55-30-18-34-63-66(55)67(64)65-54(69(56)45-35-37-52-50-27-13-15-31-58(50)71-60(52)41-45)29-17-33-62(65)73(63,48-23-9-3-10-24-48)49-25-11-4-12-26-49/h1-42H. The Balaban J connectivity index is 1.07. The van der Waals surface area contributed by atoms with Crippen LogP contribution in [0.2, 0.25) is 0 Å². The van der Waals surface area contributed by atoms with Crippen molar-refractivity contribution in [3.63, 3.8) is 0 Å². The molecule has 7 heteroatoms. The van der Waals surface area contributed by atoms with E-state index in [0.29, 0.717) is 0 Å². The van der Waals surface area contributed by atoms with E-state index in [1.54, 1.807) is 0 Å². The molecule has 16 rings (SSSR count). The Morgan fingerprint density at radius 3 is 1.19 bits per heavy atom. The third kappa shape index (κ3) is 5.81. The van der Waals surface area contributed by atoms with Crippen LogP contribution in [-0.4, -0.2) is 14.8 Å². The molecule has 3 aliphatic heterocycles. The topological polar surface area (TPSA) is 9.72 Å². The first kappa shape index (κ1) is 41.2. The highest BCUT2D eigenvalue weighted by Crippen LogP contribution is 2.50. The van der Waals surface area contributed by atoms with Crippen LogP contribution in [-0.2, 0) is 0 Å². The molecule has 0 saturated carbocycles. The Bertz CT molecular complexity index is 4090. The quantitative estimate of drug-likeness (QED) is 0.147. The summed E-state index contributed by atoms with van der Waals surface area (Å²) in [5.41, 5.74) is 14.7. The number of nitrogens with zero attached hydrogens (tertiary/aromatic N) is 3. The molecular formula is C66H42BN3S2Si. The van der Waals surface area contributed by atoms with Crippen LogP contribution in [0, 0.1) is 0 Å². The van der Waals surface area contributed by atoms with Crippen molar-refractivity contribution in [2.75, 3.05) is 14.7 Å². The third-order valence-electron chi connectivity index (χ3n) is 15.9.